The van der Waals surface area contributed by atoms with Gasteiger partial charge in [-0.1, -0.05) is 38.2 Å². The Labute approximate surface area is 120 Å². The van der Waals surface area contributed by atoms with Crippen LogP contribution >= 0.6 is 0 Å². The maximum Gasteiger partial charge on any atom is 0.0388 e. The van der Waals surface area contributed by atoms with Crippen LogP contribution in [0.15, 0.2) is 35.6 Å². The van der Waals surface area contributed by atoms with E-state index in [0.29, 0.717) is 5.92 Å². The minimum atomic E-state index is 0.477. The van der Waals surface area contributed by atoms with Gasteiger partial charge in [0.05, 0.1) is 0 Å². The summed E-state index contributed by atoms with van der Waals surface area (Å²) in [6.07, 6.45) is 17.2. The lowest BCUT2D eigenvalue weighted by Crippen LogP contribution is -2.21. The average Bonchev–Trinajstić information content (AvgIpc) is 2.42. The molecular formula is C18H29N. The van der Waals surface area contributed by atoms with Crippen LogP contribution in [0.25, 0.3) is 0 Å². The topological polar surface area (TPSA) is 3.24 Å². The van der Waals surface area contributed by atoms with E-state index in [9.17, 15) is 0 Å². The lowest BCUT2D eigenvalue weighted by atomic mass is 9.98. The molecule has 0 aliphatic carbocycles. The first-order valence-electron chi connectivity index (χ1n) is 7.19. The second-order valence-corrected chi connectivity index (χ2v) is 4.93. The molecule has 0 saturated carbocycles. The van der Waals surface area contributed by atoms with Gasteiger partial charge >= 0.3 is 0 Å². The van der Waals surface area contributed by atoms with Gasteiger partial charge in [0.15, 0.2) is 0 Å². The quantitative estimate of drug-likeness (QED) is 0.344. The van der Waals surface area contributed by atoms with Crippen molar-refractivity contribution in [3.8, 4) is 12.3 Å². The van der Waals surface area contributed by atoms with Gasteiger partial charge < -0.3 is 4.90 Å². The molecule has 0 aliphatic rings. The lowest BCUT2D eigenvalue weighted by molar-refractivity contribution is 0.440. The smallest absolute Gasteiger partial charge is 0.0388 e. The molecule has 1 unspecified atom stereocenters. The number of hydrogen-bond donors (Lipinski definition) is 0. The van der Waals surface area contributed by atoms with Gasteiger partial charge in [0.25, 0.3) is 0 Å². The molecule has 0 rings (SSSR count). The average molecular weight is 259 g/mol. The first-order chi connectivity index (χ1) is 9.06. The zero-order valence-electron chi connectivity index (χ0n) is 13.2. The highest BCUT2D eigenvalue weighted by Crippen LogP contribution is 2.17. The van der Waals surface area contributed by atoms with Crippen molar-refractivity contribution in [1.82, 2.24) is 4.90 Å². The zero-order valence-corrected chi connectivity index (χ0v) is 13.2. The Morgan fingerprint density at radius 3 is 2.63 bits per heavy atom. The third-order valence-electron chi connectivity index (χ3n) is 3.38. The van der Waals surface area contributed by atoms with E-state index in [1.807, 2.05) is 0 Å². The molecule has 0 N–H and O–H groups in total. The minimum Gasteiger partial charge on any atom is -0.374 e. The summed E-state index contributed by atoms with van der Waals surface area (Å²) in [7, 11) is 2.14. The first kappa shape index (κ1) is 17.6. The Balaban J connectivity index is 4.81. The second kappa shape index (κ2) is 10.5. The molecule has 1 heteroatoms. The summed E-state index contributed by atoms with van der Waals surface area (Å²) in [5.74, 6) is 3.18. The molecule has 0 fully saturated rings. The summed E-state index contributed by atoms with van der Waals surface area (Å²) >= 11 is 0. The molecule has 1 atom stereocenters. The van der Waals surface area contributed by atoms with Crippen molar-refractivity contribution in [2.45, 2.75) is 47.0 Å². The van der Waals surface area contributed by atoms with Crippen molar-refractivity contribution in [3.63, 3.8) is 0 Å². The Hall–Kier alpha value is -1.42. The normalized spacial score (nSPS) is 14.5. The van der Waals surface area contributed by atoms with Crippen molar-refractivity contribution < 1.29 is 0 Å². The Kier molecular flexibility index (Phi) is 9.71. The molecule has 0 aromatic heterocycles. The fraction of sp³-hybridized carbons (Fsp3) is 0.556. The predicted molar refractivity (Wildman–Crippen MR) is 86.8 cm³/mol. The van der Waals surface area contributed by atoms with Crippen LogP contribution in [-0.2, 0) is 0 Å². The molecule has 0 heterocycles. The number of allylic oxidation sites excluding steroid dienone is 5. The summed E-state index contributed by atoms with van der Waals surface area (Å²) in [5.41, 5.74) is 2.75. The minimum absolute atomic E-state index is 0.477. The van der Waals surface area contributed by atoms with Crippen LogP contribution in [0.3, 0.4) is 0 Å². The molecule has 19 heavy (non-hydrogen) atoms. The van der Waals surface area contributed by atoms with E-state index in [-0.39, 0.29) is 0 Å². The molecule has 0 radical (unpaired) electrons. The maximum absolute atomic E-state index is 5.33. The van der Waals surface area contributed by atoms with Gasteiger partial charge in [-0.25, -0.2) is 0 Å². The number of unbranched alkanes of at least 4 members (excludes halogenated alkanes) is 1. The van der Waals surface area contributed by atoms with Crippen LogP contribution in [0.1, 0.15) is 47.0 Å². The molecule has 0 aromatic carbocycles. The SMILES string of the molecule is C#CCC/C=C(\CN(C)/C(C)=C/C)C(C)/C=C\CC. The van der Waals surface area contributed by atoms with Crippen LogP contribution in [0.5, 0.6) is 0 Å². The standard InChI is InChI=1S/C18H29N/c1-7-10-12-14-18(16(4)13-11-8-2)15-19(6)17(5)9-3/h1,9,11,13-14,16H,8,10,12,15H2,2-6H3/b13-11-,17-9+,18-14+. The van der Waals surface area contributed by atoms with Gasteiger partial charge in [0.2, 0.25) is 0 Å². The number of nitrogens with zero attached hydrogens (tertiary/aromatic N) is 1. The van der Waals surface area contributed by atoms with Gasteiger partial charge in [-0.05, 0) is 38.2 Å². The molecule has 0 saturated heterocycles. The first-order valence-corrected chi connectivity index (χ1v) is 7.19. The monoisotopic (exact) mass is 259 g/mol. The Morgan fingerprint density at radius 1 is 1.42 bits per heavy atom. The van der Waals surface area contributed by atoms with E-state index in [0.717, 1.165) is 25.8 Å². The fourth-order valence-corrected chi connectivity index (χ4v) is 1.82. The molecular weight excluding hydrogens is 230 g/mol. The summed E-state index contributed by atoms with van der Waals surface area (Å²) in [6, 6.07) is 0. The highest BCUT2D eigenvalue weighted by Gasteiger charge is 2.08. The summed E-state index contributed by atoms with van der Waals surface area (Å²) in [6.45, 7) is 9.61. The van der Waals surface area contributed by atoms with Crippen molar-refractivity contribution in [2.75, 3.05) is 13.6 Å². The molecule has 1 nitrogen and oxygen atoms in total. The largest absolute Gasteiger partial charge is 0.374 e. The van der Waals surface area contributed by atoms with Crippen LogP contribution in [0.2, 0.25) is 0 Å². The van der Waals surface area contributed by atoms with Gasteiger partial charge in [0, 0.05) is 25.7 Å². The zero-order chi connectivity index (χ0) is 14.7. The summed E-state index contributed by atoms with van der Waals surface area (Å²) in [4.78, 5) is 2.29. The van der Waals surface area contributed by atoms with Crippen molar-refractivity contribution in [3.05, 3.63) is 35.6 Å². The molecule has 0 aliphatic heterocycles. The fourth-order valence-electron chi connectivity index (χ4n) is 1.82. The van der Waals surface area contributed by atoms with E-state index in [4.69, 9.17) is 6.42 Å². The number of rotatable bonds is 8. The molecule has 0 spiro atoms. The second-order valence-electron chi connectivity index (χ2n) is 4.93. The van der Waals surface area contributed by atoms with Crippen LogP contribution in [0, 0.1) is 18.3 Å². The van der Waals surface area contributed by atoms with E-state index in [2.05, 4.69) is 69.9 Å². The lowest BCUT2D eigenvalue weighted by Gasteiger charge is -2.24. The Morgan fingerprint density at radius 2 is 2.11 bits per heavy atom. The highest BCUT2D eigenvalue weighted by atomic mass is 15.1. The summed E-state index contributed by atoms with van der Waals surface area (Å²) < 4.78 is 0. The predicted octanol–water partition coefficient (Wildman–Crippen LogP) is 4.78. The highest BCUT2D eigenvalue weighted by molar-refractivity contribution is 5.16. The van der Waals surface area contributed by atoms with E-state index in [1.165, 1.54) is 11.3 Å². The van der Waals surface area contributed by atoms with E-state index < -0.39 is 0 Å². The third kappa shape index (κ3) is 7.57. The van der Waals surface area contributed by atoms with Gasteiger partial charge in [-0.2, -0.15) is 0 Å². The van der Waals surface area contributed by atoms with Crippen molar-refractivity contribution in [1.29, 1.82) is 0 Å². The molecule has 106 valence electrons. The molecule has 0 bridgehead atoms. The van der Waals surface area contributed by atoms with Gasteiger partial charge in [-0.15, -0.1) is 12.3 Å². The van der Waals surface area contributed by atoms with Crippen LogP contribution in [0.4, 0.5) is 0 Å². The molecule has 0 aromatic rings. The number of hydrogen-bond acceptors (Lipinski definition) is 1. The molecule has 0 amide bonds. The van der Waals surface area contributed by atoms with E-state index in [1.54, 1.807) is 0 Å². The number of terminal acetylenes is 1. The van der Waals surface area contributed by atoms with Crippen molar-refractivity contribution >= 4 is 0 Å². The third-order valence-corrected chi connectivity index (χ3v) is 3.38. The maximum atomic E-state index is 5.33. The summed E-state index contributed by atoms with van der Waals surface area (Å²) in [5, 5.41) is 0. The number of likely N-dealkylation sites (N-methyl/N-ethyl adjacent to an activating group) is 1. The van der Waals surface area contributed by atoms with Crippen LogP contribution < -0.4 is 0 Å². The van der Waals surface area contributed by atoms with E-state index >= 15 is 0 Å². The van der Waals surface area contributed by atoms with Gasteiger partial charge in [0.1, 0.15) is 0 Å². The Bertz CT molecular complexity index is 366. The van der Waals surface area contributed by atoms with Crippen molar-refractivity contribution in [2.24, 2.45) is 5.92 Å². The van der Waals surface area contributed by atoms with Crippen LogP contribution in [-0.4, -0.2) is 18.5 Å². The van der Waals surface area contributed by atoms with Gasteiger partial charge in [-0.3, -0.25) is 0 Å².